The monoisotopic (exact) mass is 660 g/mol. The number of nitrogens with one attached hydrogen (secondary N) is 1. The first kappa shape index (κ1) is 31.6. The first-order valence-electron chi connectivity index (χ1n) is 17.7. The number of nitrogens with two attached hydrogens (primary N) is 1. The first-order chi connectivity index (χ1) is 23.8. The molecule has 1 aliphatic carbocycles. The number of ether oxygens (including phenoxy) is 1. The van der Waals surface area contributed by atoms with Crippen molar-refractivity contribution in [1.82, 2.24) is 34.3 Å². The Morgan fingerprint density at radius 1 is 1.02 bits per heavy atom. The van der Waals surface area contributed by atoms with E-state index in [9.17, 15) is 9.59 Å². The van der Waals surface area contributed by atoms with E-state index >= 15 is 0 Å². The quantitative estimate of drug-likeness (QED) is 0.260. The molecule has 254 valence electrons. The number of pyridine rings is 2. The number of hydrogen-bond donors (Lipinski definition) is 2. The highest BCUT2D eigenvalue weighted by Gasteiger charge is 2.33. The number of aryl methyl sites for hydroxylation is 3. The summed E-state index contributed by atoms with van der Waals surface area (Å²) in [6.45, 7) is 5.77. The van der Waals surface area contributed by atoms with Gasteiger partial charge in [0.2, 0.25) is 0 Å². The van der Waals surface area contributed by atoms with Crippen LogP contribution in [0.1, 0.15) is 95.2 Å². The number of likely N-dealkylation sites (tertiary alicyclic amines) is 1. The smallest absolute Gasteiger partial charge is 0.253 e. The molecule has 6 heterocycles. The lowest BCUT2D eigenvalue weighted by Crippen LogP contribution is -2.53. The standard InChI is InChI=1S/C38H44N8O3/c1-22-29-12-8-25-20-32(45(35(25)42-29)17-6-4-5-7-24-14-16-40-23(2)34(24)37(47)41-22)36-43-30-19-26(9-13-31(30)46(36)27-10-11-27)38(48)44-18-15-33(49-3)28(39)21-44/h8-9,12-14,16,19-20,22,27-28,33H,4-7,10-11,15,17-18,21,39H2,1-3H3,(H,41,47)/t22-,28+,33-/m1/s1. The van der Waals surface area contributed by atoms with Crippen LogP contribution in [0.15, 0.2) is 48.7 Å². The van der Waals surface area contributed by atoms with E-state index < -0.39 is 0 Å². The molecule has 5 aromatic rings. The van der Waals surface area contributed by atoms with Crippen molar-refractivity contribution in [2.75, 3.05) is 20.2 Å². The molecule has 1 saturated carbocycles. The summed E-state index contributed by atoms with van der Waals surface area (Å²) in [4.78, 5) is 43.8. The average molecular weight is 661 g/mol. The van der Waals surface area contributed by atoms with Crippen LogP contribution in [-0.2, 0) is 17.7 Å². The summed E-state index contributed by atoms with van der Waals surface area (Å²) < 4.78 is 10.2. The summed E-state index contributed by atoms with van der Waals surface area (Å²) in [6.07, 6.45) is 8.46. The molecule has 3 N–H and O–H groups in total. The van der Waals surface area contributed by atoms with Crippen LogP contribution in [0, 0.1) is 6.92 Å². The fourth-order valence-electron chi connectivity index (χ4n) is 7.77. The molecule has 2 fully saturated rings. The number of hydrogen-bond acceptors (Lipinski definition) is 7. The van der Waals surface area contributed by atoms with E-state index in [0.29, 0.717) is 30.3 Å². The van der Waals surface area contributed by atoms with Crippen molar-refractivity contribution in [3.63, 3.8) is 0 Å². The molecular formula is C38H44N8O3. The topological polar surface area (TPSA) is 133 Å². The minimum Gasteiger partial charge on any atom is -0.380 e. The number of aromatic nitrogens is 5. The Hall–Kier alpha value is -4.61. The molecule has 1 aromatic carbocycles. The number of carbonyl (C=O) groups is 2. The molecule has 2 bridgehead atoms. The van der Waals surface area contributed by atoms with Crippen molar-refractivity contribution in [3.8, 4) is 11.5 Å². The van der Waals surface area contributed by atoms with Crippen molar-refractivity contribution in [2.24, 2.45) is 5.73 Å². The maximum atomic E-state index is 13.6. The Morgan fingerprint density at radius 2 is 1.88 bits per heavy atom. The predicted molar refractivity (Wildman–Crippen MR) is 188 cm³/mol. The van der Waals surface area contributed by atoms with Gasteiger partial charge in [0.05, 0.1) is 45.8 Å². The van der Waals surface area contributed by atoms with Crippen molar-refractivity contribution in [2.45, 2.75) is 89.6 Å². The number of rotatable bonds is 4. The molecule has 2 amide bonds. The van der Waals surface area contributed by atoms with Gasteiger partial charge in [0, 0.05) is 56.0 Å². The summed E-state index contributed by atoms with van der Waals surface area (Å²) in [5.74, 6) is 0.772. The maximum absolute atomic E-state index is 13.6. The Morgan fingerprint density at radius 3 is 2.67 bits per heavy atom. The molecule has 4 aromatic heterocycles. The molecule has 0 spiro atoms. The largest absolute Gasteiger partial charge is 0.380 e. The van der Waals surface area contributed by atoms with Gasteiger partial charge in [0.1, 0.15) is 5.65 Å². The minimum absolute atomic E-state index is 0.0244. The molecule has 8 rings (SSSR count). The van der Waals surface area contributed by atoms with Gasteiger partial charge in [-0.15, -0.1) is 0 Å². The van der Waals surface area contributed by atoms with Gasteiger partial charge >= 0.3 is 0 Å². The van der Waals surface area contributed by atoms with Crippen LogP contribution in [-0.4, -0.2) is 73.1 Å². The lowest BCUT2D eigenvalue weighted by atomic mass is 9.99. The van der Waals surface area contributed by atoms with Gasteiger partial charge in [-0.25, -0.2) is 9.97 Å². The van der Waals surface area contributed by atoms with Crippen molar-refractivity contribution in [3.05, 3.63) is 76.7 Å². The van der Waals surface area contributed by atoms with Crippen LogP contribution in [0.3, 0.4) is 0 Å². The Balaban J connectivity index is 1.17. The lowest BCUT2D eigenvalue weighted by Gasteiger charge is -2.35. The zero-order valence-corrected chi connectivity index (χ0v) is 28.5. The fraction of sp³-hybridized carbons (Fsp3) is 0.447. The van der Waals surface area contributed by atoms with Crippen LogP contribution in [0.25, 0.3) is 33.6 Å². The van der Waals surface area contributed by atoms with E-state index in [1.54, 1.807) is 13.3 Å². The third-order valence-electron chi connectivity index (χ3n) is 10.6. The summed E-state index contributed by atoms with van der Waals surface area (Å²) in [6, 6.07) is 14.1. The number of methoxy groups -OCH3 is 1. The van der Waals surface area contributed by atoms with Gasteiger partial charge in [-0.1, -0.05) is 6.42 Å². The third-order valence-corrected chi connectivity index (χ3v) is 10.6. The second-order valence-electron chi connectivity index (χ2n) is 14.0. The molecule has 0 radical (unpaired) electrons. The number of fused-ring (bicyclic) bond motifs is 3. The van der Waals surface area contributed by atoms with Gasteiger partial charge in [-0.3, -0.25) is 14.6 Å². The molecule has 3 aliphatic rings. The average Bonchev–Trinajstić information content (AvgIpc) is 3.77. The summed E-state index contributed by atoms with van der Waals surface area (Å²) >= 11 is 0. The van der Waals surface area contributed by atoms with Gasteiger partial charge in [-0.2, -0.15) is 0 Å². The highest BCUT2D eigenvalue weighted by atomic mass is 16.5. The fourth-order valence-corrected chi connectivity index (χ4v) is 7.77. The van der Waals surface area contributed by atoms with Crippen molar-refractivity contribution in [1.29, 1.82) is 0 Å². The summed E-state index contributed by atoms with van der Waals surface area (Å²) in [5, 5.41) is 4.23. The second kappa shape index (κ2) is 12.7. The lowest BCUT2D eigenvalue weighted by molar-refractivity contribution is 0.0227. The van der Waals surface area contributed by atoms with Crippen LogP contribution < -0.4 is 11.1 Å². The Labute approximate surface area is 285 Å². The van der Waals surface area contributed by atoms with E-state index in [-0.39, 0.29) is 30.0 Å². The molecule has 49 heavy (non-hydrogen) atoms. The number of carbonyl (C=O) groups excluding carboxylic acids is 2. The van der Waals surface area contributed by atoms with E-state index in [2.05, 4.69) is 37.6 Å². The number of benzene rings is 1. The second-order valence-corrected chi connectivity index (χ2v) is 14.0. The minimum atomic E-state index is -0.291. The van der Waals surface area contributed by atoms with E-state index in [1.807, 2.05) is 43.0 Å². The van der Waals surface area contributed by atoms with Gasteiger partial charge < -0.3 is 29.8 Å². The summed E-state index contributed by atoms with van der Waals surface area (Å²) in [7, 11) is 1.68. The van der Waals surface area contributed by atoms with E-state index in [4.69, 9.17) is 20.4 Å². The van der Waals surface area contributed by atoms with Crippen molar-refractivity contribution >= 4 is 33.9 Å². The zero-order valence-electron chi connectivity index (χ0n) is 28.5. The normalized spacial score (nSPS) is 21.9. The molecular weight excluding hydrogens is 616 g/mol. The maximum Gasteiger partial charge on any atom is 0.253 e. The van der Waals surface area contributed by atoms with Gasteiger partial charge in [0.25, 0.3) is 11.8 Å². The molecule has 3 atom stereocenters. The van der Waals surface area contributed by atoms with Gasteiger partial charge in [-0.05, 0) is 100 Å². The molecule has 1 saturated heterocycles. The van der Waals surface area contributed by atoms with Crippen molar-refractivity contribution < 1.29 is 14.3 Å². The first-order valence-corrected chi connectivity index (χ1v) is 17.7. The van der Waals surface area contributed by atoms with Crippen LogP contribution in [0.4, 0.5) is 0 Å². The SMILES string of the molecule is CO[C@@H]1CCN(C(=O)c2ccc3c(c2)nc(-c2cc4ccc5nc4n2CCCCCc2ccnc(C)c2C(=O)N[C@@H]5C)n3C2CC2)C[C@@H]1N. The highest BCUT2D eigenvalue weighted by Crippen LogP contribution is 2.42. The van der Waals surface area contributed by atoms with Gasteiger partial charge in [0.15, 0.2) is 5.82 Å². The number of piperidine rings is 1. The molecule has 2 aliphatic heterocycles. The summed E-state index contributed by atoms with van der Waals surface area (Å²) in [5.41, 5.74) is 14.0. The Bertz CT molecular complexity index is 2080. The zero-order chi connectivity index (χ0) is 33.8. The third kappa shape index (κ3) is 5.78. The molecule has 0 unspecified atom stereocenters. The molecule has 11 nitrogen and oxygen atoms in total. The Kier molecular flexibility index (Phi) is 8.19. The predicted octanol–water partition coefficient (Wildman–Crippen LogP) is 5.50. The number of imidazole rings is 1. The van der Waals surface area contributed by atoms with E-state index in [0.717, 1.165) is 102 Å². The van der Waals surface area contributed by atoms with Crippen LogP contribution in [0.2, 0.25) is 0 Å². The number of amides is 2. The highest BCUT2D eigenvalue weighted by molar-refractivity contribution is 5.98. The number of nitrogens with zero attached hydrogens (tertiary/aromatic N) is 6. The van der Waals surface area contributed by atoms with Crippen LogP contribution >= 0.6 is 0 Å². The molecule has 11 heteroatoms. The van der Waals surface area contributed by atoms with Crippen LogP contribution in [0.5, 0.6) is 0 Å². The van der Waals surface area contributed by atoms with E-state index in [1.165, 1.54) is 0 Å².